The molecule has 0 bridgehead atoms. The maximum Gasteiger partial charge on any atom is 0.306 e. The van der Waals surface area contributed by atoms with E-state index in [9.17, 15) is 9.90 Å². The minimum absolute atomic E-state index is 0.197. The van der Waals surface area contributed by atoms with Crippen LogP contribution < -0.4 is 0 Å². The van der Waals surface area contributed by atoms with Crippen molar-refractivity contribution in [2.75, 3.05) is 0 Å². The fraction of sp³-hybridized carbons (Fsp3) is 0.611. The number of rotatable bonds is 2. The number of carbonyl (C=O) groups excluding carboxylic acids is 1. The summed E-state index contributed by atoms with van der Waals surface area (Å²) >= 11 is 0. The molecule has 1 aliphatic rings. The third-order valence-corrected chi connectivity index (χ3v) is 3.54. The number of aliphatic hydroxyl groups is 1. The molecule has 0 aliphatic carbocycles. The molecule has 1 heterocycles. The summed E-state index contributed by atoms with van der Waals surface area (Å²) in [6.45, 7) is 1.90. The molecule has 1 N–H and O–H groups in total. The predicted octanol–water partition coefficient (Wildman–Crippen LogP) is 4.08. The summed E-state index contributed by atoms with van der Waals surface area (Å²) in [7, 11) is 0. The molecular formula is C18H28O3. The minimum atomic E-state index is -0.587. The summed E-state index contributed by atoms with van der Waals surface area (Å²) in [6.07, 6.45) is 17.9. The van der Waals surface area contributed by atoms with Crippen LogP contribution in [-0.4, -0.2) is 23.3 Å². The summed E-state index contributed by atoms with van der Waals surface area (Å²) in [5.74, 6) is -0.197. The zero-order valence-corrected chi connectivity index (χ0v) is 13.0. The number of hydrogen-bond acceptors (Lipinski definition) is 3. The second-order valence-corrected chi connectivity index (χ2v) is 5.37. The van der Waals surface area contributed by atoms with Crippen LogP contribution in [0.3, 0.4) is 0 Å². The van der Waals surface area contributed by atoms with Crippen LogP contribution in [0.25, 0.3) is 0 Å². The van der Waals surface area contributed by atoms with Crippen molar-refractivity contribution in [3.63, 3.8) is 0 Å². The van der Waals surface area contributed by atoms with E-state index in [2.05, 4.69) is 30.4 Å². The van der Waals surface area contributed by atoms with Gasteiger partial charge in [-0.2, -0.15) is 0 Å². The van der Waals surface area contributed by atoms with Gasteiger partial charge in [0.25, 0.3) is 0 Å². The molecule has 21 heavy (non-hydrogen) atoms. The predicted molar refractivity (Wildman–Crippen MR) is 85.9 cm³/mol. The van der Waals surface area contributed by atoms with Crippen molar-refractivity contribution in [1.82, 2.24) is 0 Å². The van der Waals surface area contributed by atoms with E-state index in [0.717, 1.165) is 32.1 Å². The number of allylic oxidation sites excluding steroid dienone is 5. The normalized spacial score (nSPS) is 23.7. The highest BCUT2D eigenvalue weighted by molar-refractivity contribution is 5.69. The van der Waals surface area contributed by atoms with Crippen molar-refractivity contribution in [1.29, 1.82) is 0 Å². The first-order chi connectivity index (χ1) is 10.2. The number of aliphatic hydroxyl groups excluding tert-OH is 1. The Labute approximate surface area is 128 Å². The van der Waals surface area contributed by atoms with Crippen LogP contribution >= 0.6 is 0 Å². The number of hydrogen-bond donors (Lipinski definition) is 1. The van der Waals surface area contributed by atoms with Crippen molar-refractivity contribution in [2.45, 2.75) is 70.5 Å². The summed E-state index contributed by atoms with van der Waals surface area (Å²) in [4.78, 5) is 11.8. The Kier molecular flexibility index (Phi) is 9.55. The molecule has 0 aromatic carbocycles. The molecule has 2 unspecified atom stereocenters. The zero-order valence-electron chi connectivity index (χ0n) is 13.0. The Morgan fingerprint density at radius 2 is 1.81 bits per heavy atom. The van der Waals surface area contributed by atoms with Gasteiger partial charge in [-0.3, -0.25) is 4.79 Å². The van der Waals surface area contributed by atoms with E-state index >= 15 is 0 Å². The average molecular weight is 292 g/mol. The minimum Gasteiger partial charge on any atom is -0.459 e. The van der Waals surface area contributed by atoms with Gasteiger partial charge in [0.1, 0.15) is 6.10 Å². The number of ether oxygens (including phenoxy) is 1. The Balaban J connectivity index is 2.60. The van der Waals surface area contributed by atoms with E-state index in [1.165, 1.54) is 0 Å². The second kappa shape index (κ2) is 11.3. The molecule has 0 spiro atoms. The van der Waals surface area contributed by atoms with Gasteiger partial charge >= 0.3 is 5.97 Å². The van der Waals surface area contributed by atoms with E-state index in [1.807, 2.05) is 13.0 Å². The largest absolute Gasteiger partial charge is 0.459 e. The first-order valence-electron chi connectivity index (χ1n) is 8.06. The summed E-state index contributed by atoms with van der Waals surface area (Å²) in [5.41, 5.74) is 0. The quantitative estimate of drug-likeness (QED) is 0.616. The lowest BCUT2D eigenvalue weighted by Gasteiger charge is -2.21. The van der Waals surface area contributed by atoms with Gasteiger partial charge in [-0.1, -0.05) is 43.4 Å². The molecular weight excluding hydrogens is 264 g/mol. The lowest BCUT2D eigenvalue weighted by Crippen LogP contribution is -2.30. The number of esters is 1. The average Bonchev–Trinajstić information content (AvgIpc) is 2.48. The van der Waals surface area contributed by atoms with Crippen molar-refractivity contribution in [3.8, 4) is 0 Å². The lowest BCUT2D eigenvalue weighted by molar-refractivity contribution is -0.155. The summed E-state index contributed by atoms with van der Waals surface area (Å²) < 4.78 is 5.43. The highest BCUT2D eigenvalue weighted by atomic mass is 16.6. The lowest BCUT2D eigenvalue weighted by atomic mass is 10.1. The molecule has 1 rings (SSSR count). The van der Waals surface area contributed by atoms with Crippen LogP contribution in [0.2, 0.25) is 0 Å². The second-order valence-electron chi connectivity index (χ2n) is 5.37. The molecule has 0 saturated carbocycles. The summed E-state index contributed by atoms with van der Waals surface area (Å²) in [5, 5.41) is 9.95. The molecule has 1 aliphatic heterocycles. The van der Waals surface area contributed by atoms with Crippen LogP contribution in [0.15, 0.2) is 36.5 Å². The van der Waals surface area contributed by atoms with Crippen molar-refractivity contribution in [2.24, 2.45) is 0 Å². The molecule has 118 valence electrons. The third kappa shape index (κ3) is 8.51. The zero-order chi connectivity index (χ0) is 15.3. The van der Waals surface area contributed by atoms with Gasteiger partial charge in [0.15, 0.2) is 0 Å². The van der Waals surface area contributed by atoms with Gasteiger partial charge in [0, 0.05) is 12.8 Å². The smallest absolute Gasteiger partial charge is 0.306 e. The molecule has 0 saturated heterocycles. The van der Waals surface area contributed by atoms with E-state index < -0.39 is 12.2 Å². The topological polar surface area (TPSA) is 46.5 Å². The van der Waals surface area contributed by atoms with Gasteiger partial charge in [-0.25, -0.2) is 0 Å². The highest BCUT2D eigenvalue weighted by Crippen LogP contribution is 2.12. The van der Waals surface area contributed by atoms with Crippen molar-refractivity contribution >= 4 is 5.97 Å². The van der Waals surface area contributed by atoms with Gasteiger partial charge in [0.2, 0.25) is 0 Å². The van der Waals surface area contributed by atoms with E-state index in [1.54, 1.807) is 0 Å². The Morgan fingerprint density at radius 1 is 1.14 bits per heavy atom. The van der Waals surface area contributed by atoms with Crippen LogP contribution in [0.1, 0.15) is 58.3 Å². The van der Waals surface area contributed by atoms with Gasteiger partial charge in [0.05, 0.1) is 6.10 Å². The van der Waals surface area contributed by atoms with Crippen molar-refractivity contribution in [3.05, 3.63) is 36.5 Å². The highest BCUT2D eigenvalue weighted by Gasteiger charge is 2.20. The Bertz CT molecular complexity index is 369. The molecule has 0 aromatic heterocycles. The van der Waals surface area contributed by atoms with Crippen LogP contribution in [0.5, 0.6) is 0 Å². The van der Waals surface area contributed by atoms with Crippen LogP contribution in [0.4, 0.5) is 0 Å². The fourth-order valence-electron chi connectivity index (χ4n) is 2.20. The van der Waals surface area contributed by atoms with E-state index in [0.29, 0.717) is 19.3 Å². The summed E-state index contributed by atoms with van der Waals surface area (Å²) in [6, 6.07) is 0. The molecule has 0 amide bonds. The standard InChI is InChI=1S/C18H28O3/c1-2-16(19)17-14-12-10-8-6-4-3-5-7-9-11-13-15-18(20)21-17/h4-7,10,12,16-17,19H,2-3,8-9,11,13-15H2,1H3. The van der Waals surface area contributed by atoms with Crippen LogP contribution in [0, 0.1) is 0 Å². The Hall–Kier alpha value is -1.35. The maximum atomic E-state index is 11.8. The fourth-order valence-corrected chi connectivity index (χ4v) is 2.20. The first-order valence-corrected chi connectivity index (χ1v) is 8.06. The van der Waals surface area contributed by atoms with Gasteiger partial charge in [-0.05, 0) is 38.5 Å². The molecule has 3 nitrogen and oxygen atoms in total. The van der Waals surface area contributed by atoms with Gasteiger partial charge < -0.3 is 9.84 Å². The Morgan fingerprint density at radius 3 is 2.52 bits per heavy atom. The van der Waals surface area contributed by atoms with E-state index in [4.69, 9.17) is 4.74 Å². The first kappa shape index (κ1) is 17.7. The molecule has 0 fully saturated rings. The monoisotopic (exact) mass is 292 g/mol. The molecule has 3 heteroatoms. The third-order valence-electron chi connectivity index (χ3n) is 3.54. The molecule has 2 atom stereocenters. The molecule has 0 aromatic rings. The van der Waals surface area contributed by atoms with Crippen molar-refractivity contribution < 1.29 is 14.6 Å². The van der Waals surface area contributed by atoms with E-state index in [-0.39, 0.29) is 5.97 Å². The number of carbonyl (C=O) groups is 1. The van der Waals surface area contributed by atoms with Crippen LogP contribution in [-0.2, 0) is 9.53 Å². The number of cyclic esters (lactones) is 1. The maximum absolute atomic E-state index is 11.8. The SMILES string of the molecule is CCC(O)C1CC=CCC=CCC=CCCCCC(=O)O1. The van der Waals surface area contributed by atoms with Gasteiger partial charge in [-0.15, -0.1) is 0 Å². The molecule has 0 radical (unpaired) electrons.